The molecule has 0 aliphatic heterocycles. The monoisotopic (exact) mass is 575 g/mol. The summed E-state index contributed by atoms with van der Waals surface area (Å²) in [5.41, 5.74) is 7.75. The molecule has 37 heavy (non-hydrogen) atoms. The van der Waals surface area contributed by atoms with Crippen LogP contribution in [-0.4, -0.2) is 16.4 Å². The van der Waals surface area contributed by atoms with E-state index >= 15 is 0 Å². The van der Waals surface area contributed by atoms with E-state index in [1.165, 1.54) is 11.1 Å². The van der Waals surface area contributed by atoms with E-state index in [0.717, 1.165) is 34.9 Å². The molecule has 0 aliphatic rings. The molecule has 0 atom stereocenters. The molecule has 3 nitrogen and oxygen atoms in total. The van der Waals surface area contributed by atoms with Gasteiger partial charge in [0, 0.05) is 35.7 Å². The number of hydrogen-bond donors (Lipinski definition) is 0. The molecule has 0 radical (unpaired) electrons. The Morgan fingerprint density at radius 3 is 1.51 bits per heavy atom. The summed E-state index contributed by atoms with van der Waals surface area (Å²) in [6.45, 7) is 17.7. The van der Waals surface area contributed by atoms with E-state index in [2.05, 4.69) is 115 Å². The first-order valence-electron chi connectivity index (χ1n) is 12.5. The summed E-state index contributed by atoms with van der Waals surface area (Å²) in [4.78, 5) is 14.9. The molecule has 1 heterocycles. The quantitative estimate of drug-likeness (QED) is 0.269. The van der Waals surface area contributed by atoms with Crippen LogP contribution < -0.4 is 0 Å². The fourth-order valence-corrected chi connectivity index (χ4v) is 4.27. The Labute approximate surface area is 238 Å². The average molecular weight is 577 g/mol. The molecule has 0 bridgehead atoms. The molecular formula is C31H39Cl2CrN3. The van der Waals surface area contributed by atoms with Crippen LogP contribution in [0.5, 0.6) is 0 Å². The normalized spacial score (nSPS) is 13.6. The van der Waals surface area contributed by atoms with E-state index in [0.29, 0.717) is 0 Å². The Hall–Kier alpha value is -1.96. The number of aromatic nitrogens is 1. The van der Waals surface area contributed by atoms with Crippen molar-refractivity contribution in [3.05, 3.63) is 89.7 Å². The molecule has 3 rings (SSSR count). The van der Waals surface area contributed by atoms with Gasteiger partial charge in [-0.15, -0.1) is 0 Å². The van der Waals surface area contributed by atoms with Gasteiger partial charge in [-0.2, -0.15) is 0 Å². The number of halogens is 2. The zero-order valence-corrected chi connectivity index (χ0v) is 26.0. The van der Waals surface area contributed by atoms with Crippen LogP contribution in [0.25, 0.3) is 0 Å². The summed E-state index contributed by atoms with van der Waals surface area (Å²) in [5, 5.41) is 0. The van der Waals surface area contributed by atoms with Gasteiger partial charge < -0.3 is 0 Å². The first kappa shape index (κ1) is 31.3. The van der Waals surface area contributed by atoms with E-state index in [1.54, 1.807) is 0 Å². The molecule has 0 saturated carbocycles. The van der Waals surface area contributed by atoms with Crippen LogP contribution in [0.15, 0.2) is 82.9 Å². The SMILES string of the molecule is CC(=Nc1ccccc1C(C)(C)C)C(Cc1ccccn1)C(C)=Nc1ccccc1C(C)(C)C.[Cl][Cr][Cl]. The van der Waals surface area contributed by atoms with Gasteiger partial charge >= 0.3 is 33.5 Å². The standard InChI is InChI=1S/C31H39N3.2ClH.Cr/c1-22(33-28-18-11-9-16-26(28)30(3,4)5)25(21-24-15-13-14-20-32-24)23(2)34-29-19-12-10-17-27(29)31(6,7)8;;;/h9-20,25H,21H2,1-8H3;2*1H;/q;;;+2/p-2. The summed E-state index contributed by atoms with van der Waals surface area (Å²) < 4.78 is 0. The van der Waals surface area contributed by atoms with Crippen molar-refractivity contribution in [3.8, 4) is 0 Å². The fourth-order valence-electron chi connectivity index (χ4n) is 4.27. The van der Waals surface area contributed by atoms with Gasteiger partial charge in [-0.3, -0.25) is 15.0 Å². The van der Waals surface area contributed by atoms with Crippen molar-refractivity contribution in [3.63, 3.8) is 0 Å². The van der Waals surface area contributed by atoms with Crippen molar-refractivity contribution in [1.82, 2.24) is 4.98 Å². The molecule has 0 N–H and O–H groups in total. The number of rotatable bonds is 6. The number of nitrogens with zero attached hydrogens (tertiary/aromatic N) is 3. The number of pyridine rings is 1. The van der Waals surface area contributed by atoms with E-state index in [9.17, 15) is 0 Å². The van der Waals surface area contributed by atoms with Crippen LogP contribution in [0.2, 0.25) is 0 Å². The second kappa shape index (κ2) is 14.3. The second-order valence-corrected chi connectivity index (χ2v) is 13.3. The molecule has 0 unspecified atom stereocenters. The van der Waals surface area contributed by atoms with E-state index < -0.39 is 0 Å². The molecule has 198 valence electrons. The third kappa shape index (κ3) is 9.70. The third-order valence-corrected chi connectivity index (χ3v) is 6.17. The predicted octanol–water partition coefficient (Wildman–Crippen LogP) is 9.80. The van der Waals surface area contributed by atoms with Gasteiger partial charge in [0.05, 0.1) is 11.4 Å². The molecule has 2 aromatic carbocycles. The maximum absolute atomic E-state index is 5.16. The molecule has 0 aliphatic carbocycles. The third-order valence-electron chi connectivity index (χ3n) is 6.17. The molecule has 0 fully saturated rings. The van der Waals surface area contributed by atoms with Gasteiger partial charge in [-0.25, -0.2) is 0 Å². The van der Waals surface area contributed by atoms with E-state index in [1.807, 2.05) is 18.3 Å². The fraction of sp³-hybridized carbons (Fsp3) is 0.387. The Bertz CT molecular complexity index is 1120. The van der Waals surface area contributed by atoms with Crippen molar-refractivity contribution in [2.75, 3.05) is 0 Å². The van der Waals surface area contributed by atoms with Crippen LogP contribution in [0.3, 0.4) is 0 Å². The summed E-state index contributed by atoms with van der Waals surface area (Å²) in [7, 11) is 9.65. The van der Waals surface area contributed by atoms with Crippen LogP contribution in [0, 0.1) is 5.92 Å². The average Bonchev–Trinajstić information content (AvgIpc) is 2.83. The molecule has 6 heteroatoms. The van der Waals surface area contributed by atoms with E-state index in [-0.39, 0.29) is 30.1 Å². The van der Waals surface area contributed by atoms with Crippen molar-refractivity contribution >= 4 is 42.9 Å². The van der Waals surface area contributed by atoms with Crippen molar-refractivity contribution in [1.29, 1.82) is 0 Å². The zero-order chi connectivity index (χ0) is 27.6. The molecule has 0 spiro atoms. The van der Waals surface area contributed by atoms with Crippen LogP contribution in [-0.2, 0) is 30.6 Å². The summed E-state index contributed by atoms with van der Waals surface area (Å²) >= 11 is -0.181. The molecular weight excluding hydrogens is 537 g/mol. The van der Waals surface area contributed by atoms with Gasteiger partial charge in [0.25, 0.3) is 0 Å². The zero-order valence-electron chi connectivity index (χ0n) is 23.2. The van der Waals surface area contributed by atoms with Crippen molar-refractivity contribution in [2.24, 2.45) is 15.9 Å². The van der Waals surface area contributed by atoms with Gasteiger partial charge in [0.15, 0.2) is 0 Å². The maximum atomic E-state index is 5.16. The van der Waals surface area contributed by atoms with Gasteiger partial charge in [0.1, 0.15) is 0 Å². The minimum atomic E-state index is -0.181. The molecule has 1 aromatic heterocycles. The Balaban J connectivity index is 0.00000153. The van der Waals surface area contributed by atoms with E-state index in [4.69, 9.17) is 30.1 Å². The van der Waals surface area contributed by atoms with Crippen LogP contribution in [0.4, 0.5) is 11.4 Å². The Morgan fingerprint density at radius 2 is 1.14 bits per heavy atom. The van der Waals surface area contributed by atoms with Crippen LogP contribution >= 0.6 is 20.1 Å². The summed E-state index contributed by atoms with van der Waals surface area (Å²) in [5.74, 6) is 0.0518. The number of para-hydroxylation sites is 2. The van der Waals surface area contributed by atoms with Crippen LogP contribution in [0.1, 0.15) is 72.2 Å². The molecule has 0 amide bonds. The summed E-state index contributed by atoms with van der Waals surface area (Å²) in [6, 6.07) is 23.0. The molecule has 3 aromatic rings. The van der Waals surface area contributed by atoms with Crippen molar-refractivity contribution < 1.29 is 13.4 Å². The van der Waals surface area contributed by atoms with Gasteiger partial charge in [0.2, 0.25) is 0 Å². The number of hydrogen-bond acceptors (Lipinski definition) is 3. The topological polar surface area (TPSA) is 37.6 Å². The van der Waals surface area contributed by atoms with Gasteiger partial charge in [-0.05, 0) is 60.1 Å². The number of aliphatic imine (C=N–C) groups is 2. The Morgan fingerprint density at radius 1 is 0.730 bits per heavy atom. The molecule has 0 saturated heterocycles. The van der Waals surface area contributed by atoms with Crippen molar-refractivity contribution in [2.45, 2.75) is 72.6 Å². The Kier molecular flexibility index (Phi) is 12.1. The predicted molar refractivity (Wildman–Crippen MR) is 159 cm³/mol. The summed E-state index contributed by atoms with van der Waals surface area (Å²) in [6.07, 6.45) is 2.62. The second-order valence-electron chi connectivity index (χ2n) is 11.2. The minimum absolute atomic E-state index is 0.0195. The first-order chi connectivity index (χ1) is 17.4. The van der Waals surface area contributed by atoms with Gasteiger partial charge in [-0.1, -0.05) is 84.0 Å². The number of benzene rings is 2. The first-order valence-corrected chi connectivity index (χ1v) is 16.0.